The fraction of sp³-hybridized carbons (Fsp3) is 0.941. The summed E-state index contributed by atoms with van der Waals surface area (Å²) in [6, 6.07) is 0.664. The van der Waals surface area contributed by atoms with E-state index in [0.717, 1.165) is 52.0 Å². The highest BCUT2D eigenvalue weighted by Gasteiger charge is 2.28. The summed E-state index contributed by atoms with van der Waals surface area (Å²) >= 11 is 0. The quantitative estimate of drug-likeness (QED) is 0.805. The second-order valence-electron chi connectivity index (χ2n) is 7.65. The first-order chi connectivity index (χ1) is 10.9. The Morgan fingerprint density at radius 3 is 2.74 bits per heavy atom. The molecule has 2 aliphatic rings. The number of carbonyl (C=O) groups is 1. The van der Waals surface area contributed by atoms with E-state index in [1.54, 1.807) is 0 Å². The van der Waals surface area contributed by atoms with Gasteiger partial charge in [-0.2, -0.15) is 0 Å². The van der Waals surface area contributed by atoms with Gasteiger partial charge in [0.15, 0.2) is 0 Å². The fourth-order valence-corrected chi connectivity index (χ4v) is 3.26. The Hall–Kier alpha value is -0.850. The van der Waals surface area contributed by atoms with E-state index < -0.39 is 5.60 Å². The van der Waals surface area contributed by atoms with Crippen LogP contribution in [-0.2, 0) is 9.47 Å². The van der Waals surface area contributed by atoms with E-state index in [4.69, 9.17) is 9.47 Å². The van der Waals surface area contributed by atoms with Crippen LogP contribution in [0.3, 0.4) is 0 Å². The number of nitrogens with one attached hydrogen (secondary N) is 2. The lowest BCUT2D eigenvalue weighted by molar-refractivity contribution is -0.0263. The molecular weight excluding hydrogens is 294 g/mol. The molecule has 1 amide bonds. The number of nitrogens with zero attached hydrogens (tertiary/aromatic N) is 1. The number of carbonyl (C=O) groups excluding carboxylic acids is 1. The molecule has 1 heterocycles. The minimum absolute atomic E-state index is 0.210. The lowest BCUT2D eigenvalue weighted by atomic mass is 10.2. The number of hydrogen-bond donors (Lipinski definition) is 2. The van der Waals surface area contributed by atoms with Crippen molar-refractivity contribution in [1.82, 2.24) is 15.5 Å². The molecule has 2 N–H and O–H groups in total. The molecule has 6 heteroatoms. The minimum atomic E-state index is -0.441. The van der Waals surface area contributed by atoms with Crippen LogP contribution in [0.4, 0.5) is 4.79 Å². The van der Waals surface area contributed by atoms with Gasteiger partial charge < -0.3 is 20.1 Å². The van der Waals surface area contributed by atoms with Crippen LogP contribution in [0.15, 0.2) is 0 Å². The maximum atomic E-state index is 11.8. The third kappa shape index (κ3) is 6.65. The van der Waals surface area contributed by atoms with E-state index in [2.05, 4.69) is 22.5 Å². The van der Waals surface area contributed by atoms with Gasteiger partial charge in [0.1, 0.15) is 5.60 Å². The van der Waals surface area contributed by atoms with Gasteiger partial charge in [-0.1, -0.05) is 6.92 Å². The van der Waals surface area contributed by atoms with E-state index >= 15 is 0 Å². The number of morpholine rings is 1. The summed E-state index contributed by atoms with van der Waals surface area (Å²) in [6.07, 6.45) is 3.02. The molecule has 0 bridgehead atoms. The van der Waals surface area contributed by atoms with Crippen LogP contribution in [0.25, 0.3) is 0 Å². The van der Waals surface area contributed by atoms with Gasteiger partial charge in [0.2, 0.25) is 0 Å². The Bertz CT molecular complexity index is 384. The lowest BCUT2D eigenvalue weighted by Gasteiger charge is -2.32. The molecule has 134 valence electrons. The normalized spacial score (nSPS) is 29.5. The zero-order chi connectivity index (χ0) is 16.9. The van der Waals surface area contributed by atoms with Gasteiger partial charge in [-0.15, -0.1) is 0 Å². The second kappa shape index (κ2) is 8.31. The predicted molar refractivity (Wildman–Crippen MR) is 90.7 cm³/mol. The molecule has 0 radical (unpaired) electrons. The van der Waals surface area contributed by atoms with Crippen LogP contribution >= 0.6 is 0 Å². The van der Waals surface area contributed by atoms with Crippen molar-refractivity contribution in [3.8, 4) is 0 Å². The van der Waals surface area contributed by atoms with Gasteiger partial charge in [0, 0.05) is 31.7 Å². The Balaban J connectivity index is 1.64. The maximum absolute atomic E-state index is 11.8. The zero-order valence-electron chi connectivity index (χ0n) is 15.1. The second-order valence-corrected chi connectivity index (χ2v) is 7.65. The molecule has 2 rings (SSSR count). The average Bonchev–Trinajstić information content (AvgIpc) is 2.90. The molecule has 6 nitrogen and oxygen atoms in total. The monoisotopic (exact) mass is 327 g/mol. The zero-order valence-corrected chi connectivity index (χ0v) is 15.1. The summed E-state index contributed by atoms with van der Waals surface area (Å²) in [5, 5.41) is 6.58. The van der Waals surface area contributed by atoms with E-state index in [-0.39, 0.29) is 18.2 Å². The van der Waals surface area contributed by atoms with Gasteiger partial charge in [0.05, 0.1) is 12.7 Å². The lowest BCUT2D eigenvalue weighted by Crippen LogP contribution is -2.48. The average molecular weight is 327 g/mol. The van der Waals surface area contributed by atoms with Crippen molar-refractivity contribution < 1.29 is 14.3 Å². The summed E-state index contributed by atoms with van der Waals surface area (Å²) in [4.78, 5) is 14.2. The molecule has 0 aromatic heterocycles. The number of hydrogen-bond acceptors (Lipinski definition) is 5. The fourth-order valence-electron chi connectivity index (χ4n) is 3.26. The van der Waals surface area contributed by atoms with Crippen molar-refractivity contribution in [1.29, 1.82) is 0 Å². The van der Waals surface area contributed by atoms with E-state index in [1.165, 1.54) is 0 Å². The largest absolute Gasteiger partial charge is 0.444 e. The number of rotatable bonds is 5. The highest BCUT2D eigenvalue weighted by Crippen LogP contribution is 2.20. The SMILES string of the molecule is CCN1CCOC(CNC2CCC(NC(=O)OC(C)(C)C)C2)C1. The first-order valence-corrected chi connectivity index (χ1v) is 8.92. The summed E-state index contributed by atoms with van der Waals surface area (Å²) in [6.45, 7) is 12.7. The summed E-state index contributed by atoms with van der Waals surface area (Å²) in [7, 11) is 0. The first kappa shape index (κ1) is 18.5. The van der Waals surface area contributed by atoms with Crippen molar-refractivity contribution in [2.24, 2.45) is 0 Å². The molecule has 1 aliphatic carbocycles. The Labute approximate surface area is 140 Å². The molecule has 0 spiro atoms. The molecule has 1 saturated heterocycles. The van der Waals surface area contributed by atoms with Gasteiger partial charge in [-0.25, -0.2) is 4.79 Å². The van der Waals surface area contributed by atoms with Crippen molar-refractivity contribution in [3.63, 3.8) is 0 Å². The van der Waals surface area contributed by atoms with Crippen LogP contribution in [0.1, 0.15) is 47.0 Å². The third-order valence-electron chi connectivity index (χ3n) is 4.46. The summed E-state index contributed by atoms with van der Waals surface area (Å²) < 4.78 is 11.1. The molecule has 23 heavy (non-hydrogen) atoms. The smallest absolute Gasteiger partial charge is 0.407 e. The highest BCUT2D eigenvalue weighted by atomic mass is 16.6. The van der Waals surface area contributed by atoms with Crippen LogP contribution in [0.5, 0.6) is 0 Å². The predicted octanol–water partition coefficient (Wildman–Crippen LogP) is 1.74. The van der Waals surface area contributed by atoms with Gasteiger partial charge in [0.25, 0.3) is 0 Å². The molecular formula is C17H33N3O3. The van der Waals surface area contributed by atoms with Crippen LogP contribution < -0.4 is 10.6 Å². The first-order valence-electron chi connectivity index (χ1n) is 8.92. The minimum Gasteiger partial charge on any atom is -0.444 e. The van der Waals surface area contributed by atoms with E-state index in [9.17, 15) is 4.79 Å². The van der Waals surface area contributed by atoms with Crippen molar-refractivity contribution in [2.45, 2.75) is 70.7 Å². The Morgan fingerprint density at radius 2 is 2.04 bits per heavy atom. The maximum Gasteiger partial charge on any atom is 0.407 e. The van der Waals surface area contributed by atoms with Crippen LogP contribution in [0.2, 0.25) is 0 Å². The van der Waals surface area contributed by atoms with Gasteiger partial charge >= 0.3 is 6.09 Å². The molecule has 0 aromatic carbocycles. The topological polar surface area (TPSA) is 62.8 Å². The molecule has 2 fully saturated rings. The Kier molecular flexibility index (Phi) is 6.68. The molecule has 3 unspecified atom stereocenters. The number of likely N-dealkylation sites (N-methyl/N-ethyl adjacent to an activating group) is 1. The number of ether oxygens (including phenoxy) is 2. The standard InChI is InChI=1S/C17H33N3O3/c1-5-20-8-9-22-15(12-20)11-18-13-6-7-14(10-13)19-16(21)23-17(2,3)4/h13-15,18H,5-12H2,1-4H3,(H,19,21). The van der Waals surface area contributed by atoms with Crippen molar-refractivity contribution in [3.05, 3.63) is 0 Å². The molecule has 0 aromatic rings. The van der Waals surface area contributed by atoms with E-state index in [1.807, 2.05) is 20.8 Å². The van der Waals surface area contributed by atoms with Crippen molar-refractivity contribution >= 4 is 6.09 Å². The third-order valence-corrected chi connectivity index (χ3v) is 4.46. The van der Waals surface area contributed by atoms with Gasteiger partial charge in [-0.05, 0) is 46.6 Å². The van der Waals surface area contributed by atoms with Crippen LogP contribution in [0, 0.1) is 0 Å². The summed E-state index contributed by atoms with van der Waals surface area (Å²) in [5.41, 5.74) is -0.441. The van der Waals surface area contributed by atoms with E-state index in [0.29, 0.717) is 6.04 Å². The molecule has 1 saturated carbocycles. The summed E-state index contributed by atoms with van der Waals surface area (Å²) in [5.74, 6) is 0. The van der Waals surface area contributed by atoms with Crippen molar-refractivity contribution in [2.75, 3.05) is 32.8 Å². The Morgan fingerprint density at radius 1 is 1.30 bits per heavy atom. The molecule has 3 atom stereocenters. The number of alkyl carbamates (subject to hydrolysis) is 1. The van der Waals surface area contributed by atoms with Gasteiger partial charge in [-0.3, -0.25) is 4.90 Å². The number of amides is 1. The highest BCUT2D eigenvalue weighted by molar-refractivity contribution is 5.68. The van der Waals surface area contributed by atoms with Crippen LogP contribution in [-0.4, -0.2) is 67.6 Å². The molecule has 1 aliphatic heterocycles.